The van der Waals surface area contributed by atoms with Crippen LogP contribution in [0, 0.1) is 0 Å². The fourth-order valence-electron chi connectivity index (χ4n) is 3.88. The highest BCUT2D eigenvalue weighted by Gasteiger charge is 2.19. The Hall–Kier alpha value is -3.38. The maximum absolute atomic E-state index is 12.7. The van der Waals surface area contributed by atoms with Crippen LogP contribution in [0.1, 0.15) is 50.4 Å². The fourth-order valence-corrected chi connectivity index (χ4v) is 4.62. The Kier molecular flexibility index (Phi) is 7.71. The maximum Gasteiger partial charge on any atom is 0.230 e. The molecule has 0 aliphatic heterocycles. The Balaban J connectivity index is 1.54. The molecule has 1 atom stereocenters. The molecule has 35 heavy (non-hydrogen) atoms. The van der Waals surface area contributed by atoms with Crippen molar-refractivity contribution in [3.05, 3.63) is 102 Å². The van der Waals surface area contributed by atoms with Crippen LogP contribution in [-0.4, -0.2) is 26.4 Å². The zero-order valence-electron chi connectivity index (χ0n) is 20.7. The van der Waals surface area contributed by atoms with Crippen molar-refractivity contribution in [3.8, 4) is 11.4 Å². The number of nitrogens with one attached hydrogen (secondary N) is 1. The van der Waals surface area contributed by atoms with E-state index in [0.717, 1.165) is 27.7 Å². The standard InChI is InChI=1S/C29H32N4OS/c1-21(23-13-9-6-10-14-23)30-26(34)20-35-28-32-31-27(33(28)19-22-11-7-5-8-12-22)24-15-17-25(18-16-24)29(2,3)4/h5-18,21H,19-20H2,1-4H3,(H,30,34). The van der Waals surface area contributed by atoms with E-state index in [2.05, 4.69) is 77.3 Å². The summed E-state index contributed by atoms with van der Waals surface area (Å²) in [7, 11) is 0. The van der Waals surface area contributed by atoms with Crippen molar-refractivity contribution < 1.29 is 4.79 Å². The van der Waals surface area contributed by atoms with Gasteiger partial charge >= 0.3 is 0 Å². The summed E-state index contributed by atoms with van der Waals surface area (Å²) < 4.78 is 2.10. The number of thioether (sulfide) groups is 1. The third kappa shape index (κ3) is 6.40. The van der Waals surface area contributed by atoms with Gasteiger partial charge in [0.05, 0.1) is 18.3 Å². The molecule has 0 fully saturated rings. The van der Waals surface area contributed by atoms with Gasteiger partial charge in [0.2, 0.25) is 5.91 Å². The molecule has 0 aliphatic carbocycles. The zero-order valence-corrected chi connectivity index (χ0v) is 21.5. The van der Waals surface area contributed by atoms with E-state index in [-0.39, 0.29) is 23.1 Å². The molecule has 1 heterocycles. The maximum atomic E-state index is 12.7. The molecule has 0 bridgehead atoms. The number of amides is 1. The topological polar surface area (TPSA) is 59.8 Å². The van der Waals surface area contributed by atoms with E-state index in [4.69, 9.17) is 0 Å². The molecule has 1 aromatic heterocycles. The molecular weight excluding hydrogens is 452 g/mol. The van der Waals surface area contributed by atoms with Gasteiger partial charge in [0.25, 0.3) is 0 Å². The normalized spacial score (nSPS) is 12.3. The summed E-state index contributed by atoms with van der Waals surface area (Å²) in [5.41, 5.74) is 4.61. The first kappa shape index (κ1) is 24.7. The summed E-state index contributed by atoms with van der Waals surface area (Å²) in [6.07, 6.45) is 0. The minimum atomic E-state index is -0.0524. The van der Waals surface area contributed by atoms with Gasteiger partial charge in [-0.25, -0.2) is 0 Å². The van der Waals surface area contributed by atoms with E-state index in [1.807, 2.05) is 55.5 Å². The number of aromatic nitrogens is 3. The van der Waals surface area contributed by atoms with Gasteiger partial charge in [-0.15, -0.1) is 10.2 Å². The first-order valence-corrected chi connectivity index (χ1v) is 12.8. The first-order valence-electron chi connectivity index (χ1n) is 11.9. The highest BCUT2D eigenvalue weighted by Crippen LogP contribution is 2.28. The van der Waals surface area contributed by atoms with E-state index in [1.54, 1.807) is 0 Å². The average molecular weight is 485 g/mol. The van der Waals surface area contributed by atoms with Crippen molar-refractivity contribution in [1.29, 1.82) is 0 Å². The summed E-state index contributed by atoms with van der Waals surface area (Å²) in [6.45, 7) is 9.25. The van der Waals surface area contributed by atoms with Crippen molar-refractivity contribution in [2.24, 2.45) is 0 Å². The number of hydrogen-bond acceptors (Lipinski definition) is 4. The molecule has 0 saturated heterocycles. The molecule has 180 valence electrons. The minimum absolute atomic E-state index is 0.0308. The van der Waals surface area contributed by atoms with Gasteiger partial charge in [0.1, 0.15) is 0 Å². The van der Waals surface area contributed by atoms with Crippen LogP contribution in [0.5, 0.6) is 0 Å². The third-order valence-electron chi connectivity index (χ3n) is 5.92. The largest absolute Gasteiger partial charge is 0.349 e. The summed E-state index contributed by atoms with van der Waals surface area (Å²) >= 11 is 1.41. The van der Waals surface area contributed by atoms with E-state index < -0.39 is 0 Å². The monoisotopic (exact) mass is 484 g/mol. The van der Waals surface area contributed by atoms with E-state index in [1.165, 1.54) is 17.3 Å². The van der Waals surface area contributed by atoms with Crippen LogP contribution in [-0.2, 0) is 16.8 Å². The van der Waals surface area contributed by atoms with Gasteiger partial charge in [-0.05, 0) is 29.0 Å². The second-order valence-corrected chi connectivity index (χ2v) is 10.6. The summed E-state index contributed by atoms with van der Waals surface area (Å²) in [5, 5.41) is 12.8. The lowest BCUT2D eigenvalue weighted by Gasteiger charge is -2.19. The average Bonchev–Trinajstić information content (AvgIpc) is 3.25. The quantitative estimate of drug-likeness (QED) is 0.300. The highest BCUT2D eigenvalue weighted by atomic mass is 32.2. The minimum Gasteiger partial charge on any atom is -0.349 e. The van der Waals surface area contributed by atoms with Crippen molar-refractivity contribution in [1.82, 2.24) is 20.1 Å². The summed E-state index contributed by atoms with van der Waals surface area (Å²) in [4.78, 5) is 12.7. The Morgan fingerprint density at radius 3 is 2.17 bits per heavy atom. The molecule has 1 unspecified atom stereocenters. The van der Waals surface area contributed by atoms with Crippen molar-refractivity contribution >= 4 is 17.7 Å². The SMILES string of the molecule is CC(NC(=O)CSc1nnc(-c2ccc(C(C)(C)C)cc2)n1Cc1ccccc1)c1ccccc1. The number of benzene rings is 3. The lowest BCUT2D eigenvalue weighted by Crippen LogP contribution is -2.28. The molecule has 4 rings (SSSR count). The van der Waals surface area contributed by atoms with Gasteiger partial charge in [0.15, 0.2) is 11.0 Å². The molecule has 0 aliphatic rings. The van der Waals surface area contributed by atoms with Gasteiger partial charge in [-0.3, -0.25) is 9.36 Å². The number of nitrogens with zero attached hydrogens (tertiary/aromatic N) is 3. The number of rotatable bonds is 8. The number of hydrogen-bond donors (Lipinski definition) is 1. The second kappa shape index (κ2) is 10.9. The smallest absolute Gasteiger partial charge is 0.230 e. The van der Waals surface area contributed by atoms with Crippen LogP contribution in [0.15, 0.2) is 90.1 Å². The third-order valence-corrected chi connectivity index (χ3v) is 6.89. The number of carbonyl (C=O) groups excluding carboxylic acids is 1. The zero-order chi connectivity index (χ0) is 24.8. The summed E-state index contributed by atoms with van der Waals surface area (Å²) in [6, 6.07) is 28.7. The van der Waals surface area contributed by atoms with Crippen molar-refractivity contribution in [2.45, 2.75) is 50.9 Å². The molecule has 0 radical (unpaired) electrons. The van der Waals surface area contributed by atoms with Crippen LogP contribution >= 0.6 is 11.8 Å². The van der Waals surface area contributed by atoms with Gasteiger partial charge in [-0.1, -0.05) is 117 Å². The van der Waals surface area contributed by atoms with Crippen LogP contribution in [0.25, 0.3) is 11.4 Å². The van der Waals surface area contributed by atoms with Crippen LogP contribution < -0.4 is 5.32 Å². The molecule has 1 amide bonds. The molecule has 4 aromatic rings. The van der Waals surface area contributed by atoms with Gasteiger partial charge in [0, 0.05) is 5.56 Å². The molecular formula is C29H32N4OS. The van der Waals surface area contributed by atoms with Gasteiger partial charge < -0.3 is 5.32 Å². The molecule has 0 saturated carbocycles. The Morgan fingerprint density at radius 2 is 1.54 bits per heavy atom. The van der Waals surface area contributed by atoms with Crippen LogP contribution in [0.4, 0.5) is 0 Å². The van der Waals surface area contributed by atoms with E-state index in [0.29, 0.717) is 6.54 Å². The van der Waals surface area contributed by atoms with Crippen molar-refractivity contribution in [2.75, 3.05) is 5.75 Å². The second-order valence-electron chi connectivity index (χ2n) is 9.69. The number of carbonyl (C=O) groups is 1. The summed E-state index contributed by atoms with van der Waals surface area (Å²) in [5.74, 6) is 1.04. The lowest BCUT2D eigenvalue weighted by molar-refractivity contribution is -0.119. The lowest BCUT2D eigenvalue weighted by atomic mass is 9.87. The highest BCUT2D eigenvalue weighted by molar-refractivity contribution is 7.99. The van der Waals surface area contributed by atoms with Crippen LogP contribution in [0.3, 0.4) is 0 Å². The molecule has 0 spiro atoms. The predicted molar refractivity (Wildman–Crippen MR) is 143 cm³/mol. The van der Waals surface area contributed by atoms with Gasteiger partial charge in [-0.2, -0.15) is 0 Å². The molecule has 6 heteroatoms. The molecule has 1 N–H and O–H groups in total. The Bertz CT molecular complexity index is 1250. The van der Waals surface area contributed by atoms with Crippen LogP contribution in [0.2, 0.25) is 0 Å². The Morgan fingerprint density at radius 1 is 0.914 bits per heavy atom. The van der Waals surface area contributed by atoms with E-state index in [9.17, 15) is 4.79 Å². The molecule has 5 nitrogen and oxygen atoms in total. The predicted octanol–water partition coefficient (Wildman–Crippen LogP) is 6.26. The van der Waals surface area contributed by atoms with Crippen molar-refractivity contribution in [3.63, 3.8) is 0 Å². The van der Waals surface area contributed by atoms with E-state index >= 15 is 0 Å². The molecule has 3 aromatic carbocycles. The first-order chi connectivity index (χ1) is 16.8. The fraction of sp³-hybridized carbons (Fsp3) is 0.276. The Labute approximate surface area is 212 Å².